The summed E-state index contributed by atoms with van der Waals surface area (Å²) in [5.74, 6) is -0.970. The average Bonchev–Trinajstić information content (AvgIpc) is 3.54. The number of hydrogen-bond acceptors (Lipinski definition) is 7. The van der Waals surface area contributed by atoms with E-state index in [1.54, 1.807) is 25.6 Å². The molecule has 3 heterocycles. The molecule has 0 amide bonds. The van der Waals surface area contributed by atoms with Crippen molar-refractivity contribution in [1.29, 1.82) is 0 Å². The topological polar surface area (TPSA) is 92.7 Å². The van der Waals surface area contributed by atoms with E-state index in [0.29, 0.717) is 35.6 Å². The number of Topliss-reactive ketones (excluding diaryl/α,β-unsaturated/α-hetero) is 1. The van der Waals surface area contributed by atoms with E-state index >= 15 is 0 Å². The molecule has 3 aromatic rings. The Bertz CT molecular complexity index is 1340. The summed E-state index contributed by atoms with van der Waals surface area (Å²) < 4.78 is 20.0. The molecule has 2 aromatic heterocycles. The van der Waals surface area contributed by atoms with Crippen molar-refractivity contribution in [3.05, 3.63) is 59.1 Å². The molecule has 3 aliphatic rings. The molecular weight excluding hydrogens is 434 g/mol. The van der Waals surface area contributed by atoms with Crippen LogP contribution in [-0.2, 0) is 25.4 Å². The molecule has 0 bridgehead atoms. The molecular formula is C25H25N5O4. The fourth-order valence-electron chi connectivity index (χ4n) is 5.88. The molecule has 9 heteroatoms. The van der Waals surface area contributed by atoms with Crippen LogP contribution in [0.15, 0.2) is 30.9 Å². The van der Waals surface area contributed by atoms with E-state index in [-0.39, 0.29) is 30.0 Å². The van der Waals surface area contributed by atoms with Crippen molar-refractivity contribution in [3.63, 3.8) is 0 Å². The summed E-state index contributed by atoms with van der Waals surface area (Å²) in [5, 5.41) is 0. The van der Waals surface area contributed by atoms with Gasteiger partial charge in [-0.15, -0.1) is 0 Å². The van der Waals surface area contributed by atoms with Gasteiger partial charge in [0.2, 0.25) is 0 Å². The highest BCUT2D eigenvalue weighted by Crippen LogP contribution is 2.48. The van der Waals surface area contributed by atoms with Crippen LogP contribution in [0.25, 0.3) is 16.0 Å². The zero-order chi connectivity index (χ0) is 23.6. The number of fused-ring (bicyclic) bond motifs is 3. The van der Waals surface area contributed by atoms with Crippen LogP contribution >= 0.6 is 0 Å². The summed E-state index contributed by atoms with van der Waals surface area (Å²) in [5.41, 5.74) is 4.14. The van der Waals surface area contributed by atoms with Crippen molar-refractivity contribution >= 4 is 22.6 Å². The quantitative estimate of drug-likeness (QED) is 0.553. The molecule has 1 aliphatic heterocycles. The largest absolute Gasteiger partial charge is 0.384 e. The number of ether oxygens (including phenoxy) is 3. The van der Waals surface area contributed by atoms with Gasteiger partial charge in [0, 0.05) is 19.4 Å². The van der Waals surface area contributed by atoms with E-state index in [1.165, 1.54) is 6.33 Å². The van der Waals surface area contributed by atoms with Crippen LogP contribution < -0.4 is 0 Å². The van der Waals surface area contributed by atoms with Crippen molar-refractivity contribution < 1.29 is 19.0 Å². The van der Waals surface area contributed by atoms with Crippen molar-refractivity contribution in [3.8, 4) is 0 Å². The number of ketones is 1. The Labute approximate surface area is 196 Å². The first-order chi connectivity index (χ1) is 16.4. The lowest BCUT2D eigenvalue weighted by atomic mass is 9.95. The molecule has 9 nitrogen and oxygen atoms in total. The zero-order valence-electron chi connectivity index (χ0n) is 19.3. The van der Waals surface area contributed by atoms with Gasteiger partial charge < -0.3 is 18.8 Å². The van der Waals surface area contributed by atoms with Crippen LogP contribution in [0.3, 0.4) is 0 Å². The van der Waals surface area contributed by atoms with E-state index in [4.69, 9.17) is 20.8 Å². The smallest absolute Gasteiger partial charge is 0.187 e. The van der Waals surface area contributed by atoms with E-state index in [2.05, 4.69) is 19.8 Å². The Morgan fingerprint density at radius 1 is 1.24 bits per heavy atom. The third-order valence-corrected chi connectivity index (χ3v) is 7.21. The summed E-state index contributed by atoms with van der Waals surface area (Å²) in [4.78, 5) is 30.3. The number of nitrogens with zero attached hydrogens (tertiary/aromatic N) is 5. The summed E-state index contributed by atoms with van der Waals surface area (Å²) in [6.07, 6.45) is 4.17. The standard InChI is InChI=1S/C25H25N5O4/c1-25(2)33-22-14(10-32-4)7-17(23(22)34-25)30-12-29-21-20(27-11-28-24(21)30)19-16-9-15(26-3)6-5-13(16)8-18(19)31/h5-6,9,11-12,14,17,19,22-23H,7-8,10H2,1-2,4H3/t14-,17-,19?,22-,23+/m1/s1. The summed E-state index contributed by atoms with van der Waals surface area (Å²) in [6, 6.07) is 5.39. The highest BCUT2D eigenvalue weighted by Gasteiger charge is 2.54. The van der Waals surface area contributed by atoms with Crippen molar-refractivity contribution in [2.45, 2.75) is 56.6 Å². The van der Waals surface area contributed by atoms with Crippen LogP contribution in [0.1, 0.15) is 49.0 Å². The number of imidazole rings is 1. The highest BCUT2D eigenvalue weighted by atomic mass is 16.8. The predicted octanol–water partition coefficient (Wildman–Crippen LogP) is 3.36. The SMILES string of the molecule is [C-]#[N+]c1ccc2c(c1)C(c1ncnc3c1ncn3[C@@H]1C[C@H](COC)[C@H]3OC(C)(C)O[C@H]31)C(=O)C2. The lowest BCUT2D eigenvalue weighted by Gasteiger charge is -2.24. The molecule has 1 saturated heterocycles. The van der Waals surface area contributed by atoms with Crippen molar-refractivity contribution in [1.82, 2.24) is 19.5 Å². The second kappa shape index (κ2) is 7.67. The fourth-order valence-corrected chi connectivity index (χ4v) is 5.88. The van der Waals surface area contributed by atoms with Gasteiger partial charge in [-0.05, 0) is 31.4 Å². The Hall–Kier alpha value is -3.19. The Kier molecular flexibility index (Phi) is 4.81. The normalized spacial score (nSPS) is 29.4. The third kappa shape index (κ3) is 3.17. The van der Waals surface area contributed by atoms with Gasteiger partial charge in [-0.25, -0.2) is 19.8 Å². The minimum atomic E-state index is -0.670. The van der Waals surface area contributed by atoms with Crippen LogP contribution in [-0.4, -0.2) is 57.0 Å². The van der Waals surface area contributed by atoms with Gasteiger partial charge in [0.15, 0.2) is 22.9 Å². The fraction of sp³-hybridized carbons (Fsp3) is 0.480. The minimum Gasteiger partial charge on any atom is -0.384 e. The van der Waals surface area contributed by atoms with Gasteiger partial charge in [-0.3, -0.25) is 4.79 Å². The molecule has 2 fully saturated rings. The first-order valence-corrected chi connectivity index (χ1v) is 11.4. The Morgan fingerprint density at radius 3 is 2.85 bits per heavy atom. The Morgan fingerprint density at radius 2 is 2.06 bits per heavy atom. The Balaban J connectivity index is 1.42. The first kappa shape index (κ1) is 21.4. The van der Waals surface area contributed by atoms with E-state index in [1.807, 2.05) is 24.5 Å². The molecule has 1 saturated carbocycles. The maximum atomic E-state index is 13.1. The molecule has 0 radical (unpaired) electrons. The van der Waals surface area contributed by atoms with Gasteiger partial charge >= 0.3 is 0 Å². The molecule has 5 atom stereocenters. The van der Waals surface area contributed by atoms with Crippen LogP contribution in [0, 0.1) is 12.5 Å². The molecule has 0 spiro atoms. The maximum Gasteiger partial charge on any atom is 0.187 e. The summed E-state index contributed by atoms with van der Waals surface area (Å²) in [6.45, 7) is 11.8. The van der Waals surface area contributed by atoms with Gasteiger partial charge in [0.05, 0.1) is 43.3 Å². The first-order valence-electron chi connectivity index (χ1n) is 11.4. The second-order valence-electron chi connectivity index (χ2n) is 9.74. The van der Waals surface area contributed by atoms with Crippen LogP contribution in [0.2, 0.25) is 0 Å². The van der Waals surface area contributed by atoms with Gasteiger partial charge in [-0.2, -0.15) is 0 Å². The second-order valence-corrected chi connectivity index (χ2v) is 9.74. The van der Waals surface area contributed by atoms with E-state index in [9.17, 15) is 4.79 Å². The molecule has 174 valence electrons. The number of methoxy groups -OCH3 is 1. The van der Waals surface area contributed by atoms with Gasteiger partial charge in [0.1, 0.15) is 17.9 Å². The lowest BCUT2D eigenvalue weighted by Crippen LogP contribution is -2.28. The number of hydrogen-bond donors (Lipinski definition) is 0. The van der Waals surface area contributed by atoms with Crippen molar-refractivity contribution in [2.24, 2.45) is 5.92 Å². The lowest BCUT2D eigenvalue weighted by molar-refractivity contribution is -0.162. The number of carbonyl (C=O) groups is 1. The molecule has 1 aromatic carbocycles. The van der Waals surface area contributed by atoms with E-state index in [0.717, 1.165) is 17.5 Å². The number of carbonyl (C=O) groups excluding carboxylic acids is 1. The van der Waals surface area contributed by atoms with Crippen LogP contribution in [0.4, 0.5) is 5.69 Å². The van der Waals surface area contributed by atoms with Gasteiger partial charge in [0.25, 0.3) is 0 Å². The average molecular weight is 460 g/mol. The molecule has 1 unspecified atom stereocenters. The zero-order valence-corrected chi connectivity index (χ0v) is 19.3. The number of rotatable bonds is 4. The van der Waals surface area contributed by atoms with E-state index < -0.39 is 11.7 Å². The number of aromatic nitrogens is 4. The molecule has 6 rings (SSSR count). The molecule has 0 N–H and O–H groups in total. The molecule has 2 aliphatic carbocycles. The third-order valence-electron chi connectivity index (χ3n) is 7.21. The maximum absolute atomic E-state index is 13.1. The number of benzene rings is 1. The van der Waals surface area contributed by atoms with Crippen LogP contribution in [0.5, 0.6) is 0 Å². The predicted molar refractivity (Wildman–Crippen MR) is 121 cm³/mol. The minimum absolute atomic E-state index is 0.0278. The molecule has 34 heavy (non-hydrogen) atoms. The monoisotopic (exact) mass is 459 g/mol. The summed E-state index contributed by atoms with van der Waals surface area (Å²) in [7, 11) is 1.70. The van der Waals surface area contributed by atoms with Gasteiger partial charge in [-0.1, -0.05) is 18.2 Å². The van der Waals surface area contributed by atoms with Crippen molar-refractivity contribution in [2.75, 3.05) is 13.7 Å². The highest BCUT2D eigenvalue weighted by molar-refractivity contribution is 5.98. The summed E-state index contributed by atoms with van der Waals surface area (Å²) >= 11 is 0.